The normalized spacial score (nSPS) is 15.9. The number of hydrogen-bond acceptors (Lipinski definition) is 3. The van der Waals surface area contributed by atoms with Crippen LogP contribution in [-0.4, -0.2) is 41.1 Å². The first kappa shape index (κ1) is 25.2. The number of aromatic nitrogens is 1. The standard InChI is InChI=1S/C32H38N4O/c1-2-27-15-9-16-29-30(32(37)34-21-25-11-5-3-6-12-25)24-36(31(27)29)19-10-18-33-28-17-20-35(23-28)22-26-13-7-4-8-14-26/h3-9,11-16,24,28,33H,2,10,17-23H2,1H3,(H,34,37). The van der Waals surface area contributed by atoms with Crippen LogP contribution in [0.2, 0.25) is 0 Å². The molecule has 3 aromatic carbocycles. The molecule has 0 spiro atoms. The lowest BCUT2D eigenvalue weighted by atomic mass is 10.1. The summed E-state index contributed by atoms with van der Waals surface area (Å²) in [6, 6.07) is 27.7. The van der Waals surface area contributed by atoms with E-state index in [1.807, 2.05) is 30.3 Å². The van der Waals surface area contributed by atoms with Crippen LogP contribution in [0.1, 0.15) is 46.8 Å². The molecule has 4 aromatic rings. The van der Waals surface area contributed by atoms with Gasteiger partial charge in [0.25, 0.3) is 5.91 Å². The minimum absolute atomic E-state index is 0.0107. The van der Waals surface area contributed by atoms with E-state index in [9.17, 15) is 4.79 Å². The van der Waals surface area contributed by atoms with E-state index in [1.54, 1.807) is 0 Å². The lowest BCUT2D eigenvalue weighted by Crippen LogP contribution is -2.33. The van der Waals surface area contributed by atoms with Gasteiger partial charge < -0.3 is 15.2 Å². The lowest BCUT2D eigenvalue weighted by Gasteiger charge is -2.17. The fourth-order valence-corrected chi connectivity index (χ4v) is 5.49. The van der Waals surface area contributed by atoms with Crippen molar-refractivity contribution in [1.29, 1.82) is 0 Å². The van der Waals surface area contributed by atoms with Crippen molar-refractivity contribution in [3.63, 3.8) is 0 Å². The molecule has 37 heavy (non-hydrogen) atoms. The molecule has 0 bridgehead atoms. The number of amides is 1. The van der Waals surface area contributed by atoms with Gasteiger partial charge >= 0.3 is 0 Å². The van der Waals surface area contributed by atoms with E-state index < -0.39 is 0 Å². The van der Waals surface area contributed by atoms with Gasteiger partial charge in [-0.2, -0.15) is 0 Å². The summed E-state index contributed by atoms with van der Waals surface area (Å²) in [5.74, 6) is -0.0107. The number of likely N-dealkylation sites (tertiary alicyclic amines) is 1. The van der Waals surface area contributed by atoms with Crippen LogP contribution in [0.4, 0.5) is 0 Å². The Bertz CT molecular complexity index is 1300. The molecule has 1 atom stereocenters. The Morgan fingerprint density at radius 3 is 2.46 bits per heavy atom. The van der Waals surface area contributed by atoms with E-state index in [4.69, 9.17) is 0 Å². The molecule has 5 nitrogen and oxygen atoms in total. The molecule has 2 heterocycles. The number of aryl methyl sites for hydroxylation is 2. The van der Waals surface area contributed by atoms with Crippen LogP contribution in [0.5, 0.6) is 0 Å². The van der Waals surface area contributed by atoms with Crippen molar-refractivity contribution in [3.8, 4) is 0 Å². The highest BCUT2D eigenvalue weighted by atomic mass is 16.1. The molecule has 5 rings (SSSR count). The molecule has 1 amide bonds. The van der Waals surface area contributed by atoms with Crippen molar-refractivity contribution in [2.75, 3.05) is 19.6 Å². The van der Waals surface area contributed by atoms with Crippen LogP contribution in [0.3, 0.4) is 0 Å². The first-order valence-corrected chi connectivity index (χ1v) is 13.6. The number of nitrogens with one attached hydrogen (secondary N) is 2. The number of rotatable bonds is 11. The smallest absolute Gasteiger partial charge is 0.253 e. The molecule has 0 aliphatic carbocycles. The van der Waals surface area contributed by atoms with Gasteiger partial charge in [0.2, 0.25) is 0 Å². The minimum atomic E-state index is -0.0107. The quantitative estimate of drug-likeness (QED) is 0.275. The Balaban J connectivity index is 1.18. The molecular weight excluding hydrogens is 456 g/mol. The average molecular weight is 495 g/mol. The van der Waals surface area contributed by atoms with Crippen LogP contribution >= 0.6 is 0 Å². The Morgan fingerprint density at radius 1 is 0.946 bits per heavy atom. The SMILES string of the molecule is CCc1cccc2c(C(=O)NCc3ccccc3)cn(CCCNC3CCN(Cc4ccccc4)C3)c12. The number of nitrogens with zero attached hydrogens (tertiary/aromatic N) is 2. The van der Waals surface area contributed by atoms with Crippen molar-refractivity contribution in [3.05, 3.63) is 107 Å². The van der Waals surface area contributed by atoms with Gasteiger partial charge in [-0.15, -0.1) is 0 Å². The molecule has 1 fully saturated rings. The maximum Gasteiger partial charge on any atom is 0.253 e. The number of benzene rings is 3. The highest BCUT2D eigenvalue weighted by Gasteiger charge is 2.22. The summed E-state index contributed by atoms with van der Waals surface area (Å²) >= 11 is 0. The van der Waals surface area contributed by atoms with Crippen LogP contribution in [0.15, 0.2) is 85.1 Å². The Morgan fingerprint density at radius 2 is 1.70 bits per heavy atom. The van der Waals surface area contributed by atoms with Crippen LogP contribution in [0, 0.1) is 0 Å². The van der Waals surface area contributed by atoms with Gasteiger partial charge in [-0.1, -0.05) is 85.8 Å². The van der Waals surface area contributed by atoms with Crippen molar-refractivity contribution in [1.82, 2.24) is 20.1 Å². The number of fused-ring (bicyclic) bond motifs is 1. The molecule has 5 heteroatoms. The number of carbonyl (C=O) groups is 1. The van der Waals surface area contributed by atoms with Crippen molar-refractivity contribution in [2.24, 2.45) is 0 Å². The minimum Gasteiger partial charge on any atom is -0.348 e. The molecule has 1 saturated heterocycles. The summed E-state index contributed by atoms with van der Waals surface area (Å²) < 4.78 is 2.30. The molecule has 192 valence electrons. The lowest BCUT2D eigenvalue weighted by molar-refractivity contribution is 0.0952. The predicted octanol–water partition coefficient (Wildman–Crippen LogP) is 5.39. The third-order valence-electron chi connectivity index (χ3n) is 7.43. The first-order valence-electron chi connectivity index (χ1n) is 13.6. The zero-order valence-corrected chi connectivity index (χ0v) is 21.8. The summed E-state index contributed by atoms with van der Waals surface area (Å²) in [5, 5.41) is 7.94. The summed E-state index contributed by atoms with van der Waals surface area (Å²) in [7, 11) is 0. The molecule has 2 N–H and O–H groups in total. The number of carbonyl (C=O) groups excluding carboxylic acids is 1. The summed E-state index contributed by atoms with van der Waals surface area (Å²) in [6.07, 6.45) is 5.23. The second kappa shape index (κ2) is 12.2. The Labute approximate surface area is 220 Å². The number of para-hydroxylation sites is 1. The van der Waals surface area contributed by atoms with E-state index >= 15 is 0 Å². The van der Waals surface area contributed by atoms with E-state index in [1.165, 1.54) is 23.1 Å². The summed E-state index contributed by atoms with van der Waals surface area (Å²) in [5.41, 5.74) is 5.75. The predicted molar refractivity (Wildman–Crippen MR) is 152 cm³/mol. The van der Waals surface area contributed by atoms with E-state index in [-0.39, 0.29) is 5.91 Å². The van der Waals surface area contributed by atoms with Gasteiger partial charge in [-0.25, -0.2) is 0 Å². The van der Waals surface area contributed by atoms with Crippen molar-refractivity contribution in [2.45, 2.75) is 51.9 Å². The second-order valence-electron chi connectivity index (χ2n) is 10.1. The molecule has 1 aliphatic heterocycles. The van der Waals surface area contributed by atoms with E-state index in [2.05, 4.69) is 81.8 Å². The fraction of sp³-hybridized carbons (Fsp3) is 0.344. The average Bonchev–Trinajstić information content (AvgIpc) is 3.55. The zero-order valence-electron chi connectivity index (χ0n) is 21.8. The van der Waals surface area contributed by atoms with E-state index in [0.717, 1.165) is 62.1 Å². The third kappa shape index (κ3) is 6.30. The molecule has 1 aromatic heterocycles. The van der Waals surface area contributed by atoms with E-state index in [0.29, 0.717) is 12.6 Å². The summed E-state index contributed by atoms with van der Waals surface area (Å²) in [6.45, 7) is 7.88. The van der Waals surface area contributed by atoms with Crippen LogP contribution in [0.25, 0.3) is 10.9 Å². The van der Waals surface area contributed by atoms with Gasteiger partial charge in [-0.3, -0.25) is 9.69 Å². The summed E-state index contributed by atoms with van der Waals surface area (Å²) in [4.78, 5) is 15.7. The highest BCUT2D eigenvalue weighted by molar-refractivity contribution is 6.07. The molecule has 0 saturated carbocycles. The highest BCUT2D eigenvalue weighted by Crippen LogP contribution is 2.26. The van der Waals surface area contributed by atoms with Crippen molar-refractivity contribution < 1.29 is 4.79 Å². The van der Waals surface area contributed by atoms with Crippen LogP contribution in [-0.2, 0) is 26.1 Å². The topological polar surface area (TPSA) is 49.3 Å². The maximum absolute atomic E-state index is 13.2. The fourth-order valence-electron chi connectivity index (χ4n) is 5.49. The third-order valence-corrected chi connectivity index (χ3v) is 7.43. The maximum atomic E-state index is 13.2. The first-order chi connectivity index (χ1) is 18.2. The van der Waals surface area contributed by atoms with Crippen LogP contribution < -0.4 is 10.6 Å². The van der Waals surface area contributed by atoms with Gasteiger partial charge in [0.05, 0.1) is 11.1 Å². The monoisotopic (exact) mass is 494 g/mol. The van der Waals surface area contributed by atoms with Gasteiger partial charge in [-0.05, 0) is 42.5 Å². The molecule has 1 unspecified atom stereocenters. The zero-order chi connectivity index (χ0) is 25.5. The molecule has 0 radical (unpaired) electrons. The Hall–Kier alpha value is -3.41. The van der Waals surface area contributed by atoms with Gasteiger partial charge in [0.1, 0.15) is 0 Å². The Kier molecular flexibility index (Phi) is 8.34. The number of hydrogen-bond donors (Lipinski definition) is 2. The van der Waals surface area contributed by atoms with Gasteiger partial charge in [0, 0.05) is 50.3 Å². The molecular formula is C32H38N4O. The van der Waals surface area contributed by atoms with Crippen molar-refractivity contribution >= 4 is 16.8 Å². The second-order valence-corrected chi connectivity index (χ2v) is 10.1. The van der Waals surface area contributed by atoms with Gasteiger partial charge in [0.15, 0.2) is 0 Å². The largest absolute Gasteiger partial charge is 0.348 e. The molecule has 1 aliphatic rings.